The first kappa shape index (κ1) is 21.5. The third-order valence-electron chi connectivity index (χ3n) is 7.01. The molecule has 0 radical (unpaired) electrons. The van der Waals surface area contributed by atoms with Gasteiger partial charge in [0.15, 0.2) is 0 Å². The number of aromatic nitrogens is 1. The molecular weight excluding hydrogens is 425 g/mol. The monoisotopic (exact) mass is 451 g/mol. The summed E-state index contributed by atoms with van der Waals surface area (Å²) in [7, 11) is 0. The molecule has 1 aromatic heterocycles. The van der Waals surface area contributed by atoms with E-state index in [9.17, 15) is 14.4 Å². The third kappa shape index (κ3) is 4.08. The van der Waals surface area contributed by atoms with Gasteiger partial charge in [-0.05, 0) is 67.1 Å². The maximum absolute atomic E-state index is 15.1. The van der Waals surface area contributed by atoms with Gasteiger partial charge in [0.2, 0.25) is 11.8 Å². The van der Waals surface area contributed by atoms with Crippen LogP contribution in [0.3, 0.4) is 0 Å². The van der Waals surface area contributed by atoms with Gasteiger partial charge in [-0.3, -0.25) is 29.6 Å². The van der Waals surface area contributed by atoms with E-state index in [4.69, 9.17) is 5.73 Å². The predicted molar refractivity (Wildman–Crippen MR) is 118 cm³/mol. The predicted octanol–water partition coefficient (Wildman–Crippen LogP) is 1.94. The van der Waals surface area contributed by atoms with Gasteiger partial charge < -0.3 is 10.6 Å². The number of hydrogen-bond acceptors (Lipinski definition) is 6. The van der Waals surface area contributed by atoms with Crippen LogP contribution in [0.1, 0.15) is 58.6 Å². The van der Waals surface area contributed by atoms with E-state index in [-0.39, 0.29) is 36.5 Å². The number of benzene rings is 1. The Labute approximate surface area is 190 Å². The Hall–Kier alpha value is -3.33. The number of likely N-dealkylation sites (tertiary alicyclic amines) is 1. The molecule has 0 spiro atoms. The SMILES string of the molecule is Nc1cnccc1CN1CCC(c2cc3c(cc2F)C(=O)N(C2CCC(=O)NC2=O)C3)CC1. The molecule has 33 heavy (non-hydrogen) atoms. The molecular formula is C24H26FN5O3. The molecule has 3 N–H and O–H groups in total. The topological polar surface area (TPSA) is 109 Å². The number of piperidine rings is 2. The standard InChI is InChI=1S/C24H26FN5O3/c25-19-10-18-16(13-30(24(18)33)21-1-2-22(31)28-23(21)32)9-17(19)14-4-7-29(8-5-14)12-15-3-6-27-11-20(15)26/h3,6,9-11,14,21H,1-2,4-5,7-8,12-13,26H2,(H,28,31,32). The molecule has 2 saturated heterocycles. The quantitative estimate of drug-likeness (QED) is 0.688. The second kappa shape index (κ2) is 8.55. The van der Waals surface area contributed by atoms with E-state index in [2.05, 4.69) is 15.2 Å². The molecule has 0 aliphatic carbocycles. The van der Waals surface area contributed by atoms with Crippen molar-refractivity contribution in [1.29, 1.82) is 0 Å². The Morgan fingerprint density at radius 3 is 2.67 bits per heavy atom. The summed E-state index contributed by atoms with van der Waals surface area (Å²) in [5, 5.41) is 2.29. The van der Waals surface area contributed by atoms with E-state index in [0.29, 0.717) is 23.2 Å². The van der Waals surface area contributed by atoms with Gasteiger partial charge in [-0.25, -0.2) is 4.39 Å². The highest BCUT2D eigenvalue weighted by molar-refractivity contribution is 6.05. The number of nitrogens with zero attached hydrogens (tertiary/aromatic N) is 3. The fraction of sp³-hybridized carbons (Fsp3) is 0.417. The molecule has 2 fully saturated rings. The molecule has 0 saturated carbocycles. The van der Waals surface area contributed by atoms with Crippen molar-refractivity contribution in [3.8, 4) is 0 Å². The number of amides is 3. The molecule has 8 nitrogen and oxygen atoms in total. The molecule has 1 unspecified atom stereocenters. The Morgan fingerprint density at radius 1 is 1.15 bits per heavy atom. The molecule has 1 aromatic carbocycles. The van der Waals surface area contributed by atoms with Crippen LogP contribution in [0.5, 0.6) is 0 Å². The van der Waals surface area contributed by atoms with E-state index in [0.717, 1.165) is 43.6 Å². The number of pyridine rings is 1. The van der Waals surface area contributed by atoms with Crippen LogP contribution < -0.4 is 11.1 Å². The molecule has 1 atom stereocenters. The molecule has 9 heteroatoms. The number of carbonyl (C=O) groups excluding carboxylic acids is 3. The highest BCUT2D eigenvalue weighted by Crippen LogP contribution is 2.35. The van der Waals surface area contributed by atoms with Gasteiger partial charge in [-0.2, -0.15) is 0 Å². The van der Waals surface area contributed by atoms with Gasteiger partial charge in [0.1, 0.15) is 11.9 Å². The summed E-state index contributed by atoms with van der Waals surface area (Å²) < 4.78 is 15.1. The van der Waals surface area contributed by atoms with Crippen LogP contribution >= 0.6 is 0 Å². The Balaban J connectivity index is 1.27. The Bertz CT molecular complexity index is 1130. The van der Waals surface area contributed by atoms with Gasteiger partial charge >= 0.3 is 0 Å². The summed E-state index contributed by atoms with van der Waals surface area (Å²) >= 11 is 0. The highest BCUT2D eigenvalue weighted by atomic mass is 19.1. The van der Waals surface area contributed by atoms with E-state index in [1.54, 1.807) is 18.5 Å². The van der Waals surface area contributed by atoms with Crippen molar-refractivity contribution >= 4 is 23.4 Å². The van der Waals surface area contributed by atoms with Crippen LogP contribution in [0.25, 0.3) is 0 Å². The molecule has 0 bridgehead atoms. The van der Waals surface area contributed by atoms with Crippen LogP contribution in [0, 0.1) is 5.82 Å². The number of imide groups is 1. The van der Waals surface area contributed by atoms with Crippen LogP contribution in [0.4, 0.5) is 10.1 Å². The van der Waals surface area contributed by atoms with Crippen LogP contribution in [-0.4, -0.2) is 51.6 Å². The molecule has 2 aromatic rings. The van der Waals surface area contributed by atoms with Crippen LogP contribution in [-0.2, 0) is 22.7 Å². The van der Waals surface area contributed by atoms with Crippen molar-refractivity contribution in [3.63, 3.8) is 0 Å². The zero-order valence-electron chi connectivity index (χ0n) is 18.2. The van der Waals surface area contributed by atoms with Crippen LogP contribution in [0.2, 0.25) is 0 Å². The van der Waals surface area contributed by atoms with Crippen molar-refractivity contribution in [3.05, 3.63) is 58.7 Å². The zero-order valence-corrected chi connectivity index (χ0v) is 18.2. The number of fused-ring (bicyclic) bond motifs is 1. The van der Waals surface area contributed by atoms with Gasteiger partial charge in [0.05, 0.1) is 11.9 Å². The fourth-order valence-electron chi connectivity index (χ4n) is 5.14. The molecule has 3 aliphatic rings. The summed E-state index contributed by atoms with van der Waals surface area (Å²) in [4.78, 5) is 44.3. The summed E-state index contributed by atoms with van der Waals surface area (Å²) in [5.41, 5.74) is 9.41. The lowest BCUT2D eigenvalue weighted by atomic mass is 9.87. The smallest absolute Gasteiger partial charge is 0.255 e. The van der Waals surface area contributed by atoms with Gasteiger partial charge in [0.25, 0.3) is 5.91 Å². The first-order valence-corrected chi connectivity index (χ1v) is 11.3. The maximum Gasteiger partial charge on any atom is 0.255 e. The molecule has 3 aliphatic heterocycles. The van der Waals surface area contributed by atoms with Crippen molar-refractivity contribution in [2.24, 2.45) is 0 Å². The number of anilines is 1. The second-order valence-corrected chi connectivity index (χ2v) is 9.06. The van der Waals surface area contributed by atoms with E-state index >= 15 is 4.39 Å². The number of nitrogens with two attached hydrogens (primary N) is 1. The Kier molecular flexibility index (Phi) is 5.57. The number of halogens is 1. The number of rotatable bonds is 4. The van der Waals surface area contributed by atoms with Gasteiger partial charge in [-0.15, -0.1) is 0 Å². The number of nitrogens with one attached hydrogen (secondary N) is 1. The largest absolute Gasteiger partial charge is 0.397 e. The van der Waals surface area contributed by atoms with E-state index in [1.165, 1.54) is 11.0 Å². The highest BCUT2D eigenvalue weighted by Gasteiger charge is 2.40. The number of nitrogen functional groups attached to an aromatic ring is 1. The van der Waals surface area contributed by atoms with Crippen molar-refractivity contribution in [1.82, 2.24) is 20.1 Å². The zero-order chi connectivity index (χ0) is 23.1. The summed E-state index contributed by atoms with van der Waals surface area (Å²) in [5.74, 6) is -1.44. The van der Waals surface area contributed by atoms with Crippen LogP contribution in [0.15, 0.2) is 30.6 Å². The fourth-order valence-corrected chi connectivity index (χ4v) is 5.14. The van der Waals surface area contributed by atoms with E-state index < -0.39 is 11.9 Å². The molecule has 5 rings (SSSR count). The maximum atomic E-state index is 15.1. The average molecular weight is 452 g/mol. The third-order valence-corrected chi connectivity index (χ3v) is 7.01. The lowest BCUT2D eigenvalue weighted by Crippen LogP contribution is -2.52. The summed E-state index contributed by atoms with van der Waals surface area (Å²) in [6.45, 7) is 2.64. The average Bonchev–Trinajstić information content (AvgIpc) is 3.11. The lowest BCUT2D eigenvalue weighted by Gasteiger charge is -2.32. The first-order valence-electron chi connectivity index (χ1n) is 11.3. The van der Waals surface area contributed by atoms with Gasteiger partial charge in [0, 0.05) is 31.3 Å². The van der Waals surface area contributed by atoms with Crippen molar-refractivity contribution in [2.75, 3.05) is 18.8 Å². The number of carbonyl (C=O) groups is 3. The molecule has 4 heterocycles. The Morgan fingerprint density at radius 2 is 1.94 bits per heavy atom. The minimum absolute atomic E-state index is 0.0705. The van der Waals surface area contributed by atoms with Crippen molar-refractivity contribution < 1.29 is 18.8 Å². The summed E-state index contributed by atoms with van der Waals surface area (Å²) in [6, 6.07) is 4.35. The number of hydrogen-bond donors (Lipinski definition) is 2. The minimum Gasteiger partial charge on any atom is -0.397 e. The van der Waals surface area contributed by atoms with E-state index in [1.807, 2.05) is 6.07 Å². The molecule has 3 amide bonds. The normalized spacial score (nSPS) is 21.9. The summed E-state index contributed by atoms with van der Waals surface area (Å²) in [6.07, 6.45) is 5.50. The van der Waals surface area contributed by atoms with Crippen molar-refractivity contribution in [2.45, 2.75) is 50.7 Å². The second-order valence-electron chi connectivity index (χ2n) is 9.06. The first-order chi connectivity index (χ1) is 15.9. The lowest BCUT2D eigenvalue weighted by molar-refractivity contribution is -0.136. The minimum atomic E-state index is -0.696. The van der Waals surface area contributed by atoms with Gasteiger partial charge in [-0.1, -0.05) is 6.07 Å². The molecule has 172 valence electrons.